The monoisotopic (exact) mass is 255 g/mol. The summed E-state index contributed by atoms with van der Waals surface area (Å²) in [6, 6.07) is 3.70. The van der Waals surface area contributed by atoms with Gasteiger partial charge in [0.25, 0.3) is 0 Å². The Kier molecular flexibility index (Phi) is 6.88. The Hall–Kier alpha value is -0.960. The van der Waals surface area contributed by atoms with Crippen molar-refractivity contribution < 1.29 is 8.78 Å². The van der Waals surface area contributed by atoms with Gasteiger partial charge in [-0.15, -0.1) is 0 Å². The molecule has 0 radical (unpaired) electrons. The molecule has 1 rings (SSSR count). The first-order chi connectivity index (χ1) is 8.67. The molecule has 1 atom stereocenters. The van der Waals surface area contributed by atoms with Crippen molar-refractivity contribution in [3.63, 3.8) is 0 Å². The third kappa shape index (κ3) is 5.13. The van der Waals surface area contributed by atoms with E-state index in [1.807, 2.05) is 0 Å². The van der Waals surface area contributed by atoms with E-state index in [-0.39, 0.29) is 11.6 Å². The Morgan fingerprint density at radius 3 is 2.61 bits per heavy atom. The Labute approximate surface area is 109 Å². The molecule has 0 aromatic heterocycles. The zero-order valence-electron chi connectivity index (χ0n) is 11.3. The summed E-state index contributed by atoms with van der Waals surface area (Å²) < 4.78 is 26.7. The van der Waals surface area contributed by atoms with Crippen LogP contribution in [0.5, 0.6) is 0 Å². The Bertz CT molecular complexity index is 352. The Balaban J connectivity index is 2.60. The van der Waals surface area contributed by atoms with Gasteiger partial charge in [0.1, 0.15) is 11.6 Å². The van der Waals surface area contributed by atoms with Crippen LogP contribution in [-0.4, -0.2) is 13.1 Å². The van der Waals surface area contributed by atoms with Crippen molar-refractivity contribution in [3.05, 3.63) is 35.4 Å². The molecule has 0 aliphatic carbocycles. The number of hydrogen-bond acceptors (Lipinski definition) is 1. The average molecular weight is 255 g/mol. The van der Waals surface area contributed by atoms with Gasteiger partial charge in [-0.1, -0.05) is 20.3 Å². The summed E-state index contributed by atoms with van der Waals surface area (Å²) in [7, 11) is 0. The molecule has 0 aliphatic rings. The van der Waals surface area contributed by atoms with E-state index >= 15 is 0 Å². The number of benzene rings is 1. The molecule has 0 saturated carbocycles. The second-order valence-corrected chi connectivity index (χ2v) is 4.80. The van der Waals surface area contributed by atoms with E-state index in [2.05, 4.69) is 19.2 Å². The Morgan fingerprint density at radius 2 is 1.94 bits per heavy atom. The maximum atomic E-state index is 13.6. The van der Waals surface area contributed by atoms with Crippen molar-refractivity contribution in [3.8, 4) is 0 Å². The molecule has 0 spiro atoms. The van der Waals surface area contributed by atoms with Crippen LogP contribution in [0.4, 0.5) is 8.78 Å². The molecule has 1 nitrogen and oxygen atoms in total. The molecule has 1 aromatic rings. The topological polar surface area (TPSA) is 12.0 Å². The largest absolute Gasteiger partial charge is 0.316 e. The molecule has 0 bridgehead atoms. The first-order valence-electron chi connectivity index (χ1n) is 6.82. The normalized spacial score (nSPS) is 12.7. The van der Waals surface area contributed by atoms with Gasteiger partial charge in [0.05, 0.1) is 0 Å². The molecule has 0 amide bonds. The first kappa shape index (κ1) is 15.1. The van der Waals surface area contributed by atoms with E-state index in [0.29, 0.717) is 17.9 Å². The quantitative estimate of drug-likeness (QED) is 0.694. The van der Waals surface area contributed by atoms with Crippen LogP contribution in [-0.2, 0) is 6.42 Å². The molecular weight excluding hydrogens is 232 g/mol. The Morgan fingerprint density at radius 1 is 1.17 bits per heavy atom. The van der Waals surface area contributed by atoms with E-state index in [1.165, 1.54) is 18.2 Å². The predicted molar refractivity (Wildman–Crippen MR) is 71.6 cm³/mol. The number of hydrogen-bond donors (Lipinski definition) is 1. The second kappa shape index (κ2) is 8.20. The van der Waals surface area contributed by atoms with Gasteiger partial charge in [-0.3, -0.25) is 0 Å². The first-order valence-corrected chi connectivity index (χ1v) is 6.82. The lowest BCUT2D eigenvalue weighted by Gasteiger charge is -2.17. The van der Waals surface area contributed by atoms with Crippen molar-refractivity contribution >= 4 is 0 Å². The maximum absolute atomic E-state index is 13.6. The van der Waals surface area contributed by atoms with Crippen LogP contribution in [0.2, 0.25) is 0 Å². The lowest BCUT2D eigenvalue weighted by molar-refractivity contribution is 0.430. The van der Waals surface area contributed by atoms with Crippen molar-refractivity contribution in [1.29, 1.82) is 0 Å². The molecule has 102 valence electrons. The highest BCUT2D eigenvalue weighted by molar-refractivity contribution is 5.19. The van der Waals surface area contributed by atoms with E-state index in [4.69, 9.17) is 0 Å². The molecule has 0 fully saturated rings. The van der Waals surface area contributed by atoms with E-state index in [0.717, 1.165) is 32.4 Å². The highest BCUT2D eigenvalue weighted by atomic mass is 19.1. The fraction of sp³-hybridized carbons (Fsp3) is 0.600. The third-order valence-electron chi connectivity index (χ3n) is 3.07. The maximum Gasteiger partial charge on any atom is 0.126 e. The summed E-state index contributed by atoms with van der Waals surface area (Å²) in [6.45, 7) is 6.09. The molecular formula is C15H23F2N. The number of nitrogens with one attached hydrogen (secondary N) is 1. The smallest absolute Gasteiger partial charge is 0.126 e. The average Bonchev–Trinajstić information content (AvgIpc) is 2.34. The molecule has 0 heterocycles. The van der Waals surface area contributed by atoms with Crippen LogP contribution >= 0.6 is 0 Å². The zero-order valence-corrected chi connectivity index (χ0v) is 11.3. The van der Waals surface area contributed by atoms with Gasteiger partial charge in [-0.05, 0) is 62.0 Å². The van der Waals surface area contributed by atoms with Gasteiger partial charge >= 0.3 is 0 Å². The summed E-state index contributed by atoms with van der Waals surface area (Å²) in [4.78, 5) is 0. The SMILES string of the molecule is CCCNCC(CCC)Cc1cc(F)ccc1F. The van der Waals surface area contributed by atoms with Crippen LogP contribution in [0.3, 0.4) is 0 Å². The molecule has 0 saturated heterocycles. The standard InChI is InChI=1S/C15H23F2N/c1-3-5-12(11-18-8-4-2)9-13-10-14(16)6-7-15(13)17/h6-7,10,12,18H,3-5,8-9,11H2,1-2H3. The van der Waals surface area contributed by atoms with Crippen molar-refractivity contribution in [2.45, 2.75) is 39.5 Å². The molecule has 1 unspecified atom stereocenters. The van der Waals surface area contributed by atoms with Crippen molar-refractivity contribution in [2.24, 2.45) is 5.92 Å². The van der Waals surface area contributed by atoms with Crippen molar-refractivity contribution in [1.82, 2.24) is 5.32 Å². The fourth-order valence-electron chi connectivity index (χ4n) is 2.18. The zero-order chi connectivity index (χ0) is 13.4. The highest BCUT2D eigenvalue weighted by Gasteiger charge is 2.12. The molecule has 3 heteroatoms. The van der Waals surface area contributed by atoms with Gasteiger partial charge in [-0.25, -0.2) is 8.78 Å². The summed E-state index contributed by atoms with van der Waals surface area (Å²) >= 11 is 0. The molecule has 1 N–H and O–H groups in total. The number of rotatable bonds is 8. The molecule has 1 aromatic carbocycles. The summed E-state index contributed by atoms with van der Waals surface area (Å²) in [5.74, 6) is -0.283. The summed E-state index contributed by atoms with van der Waals surface area (Å²) in [5.41, 5.74) is 0.492. The third-order valence-corrected chi connectivity index (χ3v) is 3.07. The predicted octanol–water partition coefficient (Wildman–Crippen LogP) is 3.92. The van der Waals surface area contributed by atoms with Crippen LogP contribution in [0.15, 0.2) is 18.2 Å². The van der Waals surface area contributed by atoms with Gasteiger partial charge < -0.3 is 5.32 Å². The van der Waals surface area contributed by atoms with Crippen LogP contribution in [0, 0.1) is 17.6 Å². The van der Waals surface area contributed by atoms with Gasteiger partial charge in [0.2, 0.25) is 0 Å². The molecule has 18 heavy (non-hydrogen) atoms. The van der Waals surface area contributed by atoms with E-state index < -0.39 is 0 Å². The van der Waals surface area contributed by atoms with Gasteiger partial charge in [-0.2, -0.15) is 0 Å². The molecule has 0 aliphatic heterocycles. The van der Waals surface area contributed by atoms with Gasteiger partial charge in [0.15, 0.2) is 0 Å². The van der Waals surface area contributed by atoms with Crippen LogP contribution in [0.1, 0.15) is 38.7 Å². The van der Waals surface area contributed by atoms with E-state index in [9.17, 15) is 8.78 Å². The lowest BCUT2D eigenvalue weighted by atomic mass is 9.94. The van der Waals surface area contributed by atoms with E-state index in [1.54, 1.807) is 0 Å². The van der Waals surface area contributed by atoms with Gasteiger partial charge in [0, 0.05) is 0 Å². The summed E-state index contributed by atoms with van der Waals surface area (Å²) in [5, 5.41) is 3.36. The summed E-state index contributed by atoms with van der Waals surface area (Å²) in [6.07, 6.45) is 3.80. The highest BCUT2D eigenvalue weighted by Crippen LogP contribution is 2.17. The number of halogens is 2. The second-order valence-electron chi connectivity index (χ2n) is 4.80. The minimum atomic E-state index is -0.358. The minimum absolute atomic E-state index is 0.298. The van der Waals surface area contributed by atoms with Crippen molar-refractivity contribution in [2.75, 3.05) is 13.1 Å². The minimum Gasteiger partial charge on any atom is -0.316 e. The lowest BCUT2D eigenvalue weighted by Crippen LogP contribution is -2.25. The van der Waals surface area contributed by atoms with Crippen LogP contribution in [0.25, 0.3) is 0 Å². The fourth-order valence-corrected chi connectivity index (χ4v) is 2.18. The van der Waals surface area contributed by atoms with Crippen LogP contribution < -0.4 is 5.32 Å².